The molecule has 4 N–H and O–H groups in total. The van der Waals surface area contributed by atoms with Gasteiger partial charge in [-0.1, -0.05) is 11.6 Å². The highest BCUT2D eigenvalue weighted by Gasteiger charge is 2.20. The van der Waals surface area contributed by atoms with Crippen LogP contribution in [0.3, 0.4) is 0 Å². The van der Waals surface area contributed by atoms with Crippen molar-refractivity contribution in [2.45, 2.75) is 25.8 Å². The van der Waals surface area contributed by atoms with Crippen LogP contribution in [0.4, 0.5) is 5.69 Å². The lowest BCUT2D eigenvalue weighted by Crippen LogP contribution is -2.46. The summed E-state index contributed by atoms with van der Waals surface area (Å²) in [5.74, 6) is -0.601. The molecule has 104 valence electrons. The number of benzene rings is 1. The van der Waals surface area contributed by atoms with E-state index in [2.05, 4.69) is 10.6 Å². The van der Waals surface area contributed by atoms with Gasteiger partial charge in [-0.2, -0.15) is 0 Å². The van der Waals surface area contributed by atoms with E-state index in [1.165, 1.54) is 0 Å². The summed E-state index contributed by atoms with van der Waals surface area (Å²) in [6.45, 7) is 3.73. The summed E-state index contributed by atoms with van der Waals surface area (Å²) in [7, 11) is 0. The van der Waals surface area contributed by atoms with Gasteiger partial charge in [0.15, 0.2) is 0 Å². The molecule has 0 atom stereocenters. The molecular formula is C13H18ClN3O2. The Bertz CT molecular complexity index is 457. The number of halogens is 1. The Morgan fingerprint density at radius 3 is 2.37 bits per heavy atom. The molecule has 0 saturated heterocycles. The molecule has 0 spiro atoms. The van der Waals surface area contributed by atoms with Crippen LogP contribution in [0.5, 0.6) is 0 Å². The predicted molar refractivity (Wildman–Crippen MR) is 76.0 cm³/mol. The Labute approximate surface area is 117 Å². The minimum Gasteiger partial charge on any atom is -0.370 e. The number of carbonyl (C=O) groups excluding carboxylic acids is 2. The maximum atomic E-state index is 11.7. The summed E-state index contributed by atoms with van der Waals surface area (Å²) in [5, 5.41) is 6.31. The van der Waals surface area contributed by atoms with Crippen molar-refractivity contribution in [3.8, 4) is 0 Å². The standard InChI is InChI=1S/C13H18ClN3O2/c1-13(2,7-11(15)18)16-8-12(19)17-10-5-3-9(14)4-6-10/h3-6,16H,7-8H2,1-2H3,(H2,15,18)(H,17,19). The average Bonchev–Trinajstić information content (AvgIpc) is 2.28. The molecule has 0 saturated carbocycles. The van der Waals surface area contributed by atoms with Gasteiger partial charge in [0.1, 0.15) is 0 Å². The molecule has 1 rings (SSSR count). The summed E-state index contributed by atoms with van der Waals surface area (Å²) in [6.07, 6.45) is 0.168. The third-order valence-electron chi connectivity index (χ3n) is 2.47. The molecule has 0 unspecified atom stereocenters. The first-order valence-corrected chi connectivity index (χ1v) is 6.25. The number of anilines is 1. The van der Waals surface area contributed by atoms with E-state index >= 15 is 0 Å². The van der Waals surface area contributed by atoms with Gasteiger partial charge < -0.3 is 16.4 Å². The fraction of sp³-hybridized carbons (Fsp3) is 0.385. The molecule has 6 heteroatoms. The van der Waals surface area contributed by atoms with E-state index in [9.17, 15) is 9.59 Å². The molecule has 1 aromatic carbocycles. The van der Waals surface area contributed by atoms with Crippen LogP contribution in [-0.2, 0) is 9.59 Å². The van der Waals surface area contributed by atoms with Crippen molar-refractivity contribution in [1.82, 2.24) is 5.32 Å². The van der Waals surface area contributed by atoms with Crippen LogP contribution in [0.1, 0.15) is 20.3 Å². The summed E-state index contributed by atoms with van der Waals surface area (Å²) in [6, 6.07) is 6.83. The van der Waals surface area contributed by atoms with E-state index in [-0.39, 0.29) is 18.9 Å². The monoisotopic (exact) mass is 283 g/mol. The second-order valence-corrected chi connectivity index (χ2v) is 5.37. The van der Waals surface area contributed by atoms with E-state index < -0.39 is 11.4 Å². The Kier molecular flexibility index (Phi) is 5.32. The normalized spacial score (nSPS) is 11.1. The second kappa shape index (κ2) is 6.54. The van der Waals surface area contributed by atoms with Crippen molar-refractivity contribution in [1.29, 1.82) is 0 Å². The van der Waals surface area contributed by atoms with Gasteiger partial charge in [-0.25, -0.2) is 0 Å². The van der Waals surface area contributed by atoms with Gasteiger partial charge in [-0.3, -0.25) is 9.59 Å². The molecule has 0 radical (unpaired) electrons. The number of primary amides is 1. The third kappa shape index (κ3) is 6.22. The lowest BCUT2D eigenvalue weighted by atomic mass is 10.0. The van der Waals surface area contributed by atoms with Gasteiger partial charge in [0.2, 0.25) is 11.8 Å². The fourth-order valence-electron chi connectivity index (χ4n) is 1.56. The zero-order chi connectivity index (χ0) is 14.5. The van der Waals surface area contributed by atoms with E-state index in [0.29, 0.717) is 10.7 Å². The van der Waals surface area contributed by atoms with Gasteiger partial charge in [0.05, 0.1) is 6.54 Å². The summed E-state index contributed by atoms with van der Waals surface area (Å²) in [4.78, 5) is 22.6. The van der Waals surface area contributed by atoms with Crippen LogP contribution in [-0.4, -0.2) is 23.9 Å². The van der Waals surface area contributed by atoms with Crippen molar-refractivity contribution in [2.24, 2.45) is 5.73 Å². The quantitative estimate of drug-likeness (QED) is 0.740. The molecule has 0 aliphatic rings. The lowest BCUT2D eigenvalue weighted by Gasteiger charge is -2.24. The number of rotatable bonds is 6. The van der Waals surface area contributed by atoms with Crippen LogP contribution >= 0.6 is 11.6 Å². The van der Waals surface area contributed by atoms with Gasteiger partial charge in [0.25, 0.3) is 0 Å². The van der Waals surface area contributed by atoms with Crippen LogP contribution in [0.2, 0.25) is 5.02 Å². The zero-order valence-electron chi connectivity index (χ0n) is 11.0. The van der Waals surface area contributed by atoms with Crippen molar-refractivity contribution in [2.75, 3.05) is 11.9 Å². The number of hydrogen-bond donors (Lipinski definition) is 3. The number of carbonyl (C=O) groups is 2. The van der Waals surface area contributed by atoms with Crippen LogP contribution in [0.25, 0.3) is 0 Å². The number of amides is 2. The highest BCUT2D eigenvalue weighted by Crippen LogP contribution is 2.13. The first-order chi connectivity index (χ1) is 8.78. The first kappa shape index (κ1) is 15.5. The SMILES string of the molecule is CC(C)(CC(N)=O)NCC(=O)Nc1ccc(Cl)cc1. The van der Waals surface area contributed by atoms with Crippen LogP contribution in [0, 0.1) is 0 Å². The van der Waals surface area contributed by atoms with Crippen LogP contribution in [0.15, 0.2) is 24.3 Å². The summed E-state index contributed by atoms with van der Waals surface area (Å²) < 4.78 is 0. The molecule has 0 aliphatic carbocycles. The highest BCUT2D eigenvalue weighted by molar-refractivity contribution is 6.30. The Balaban J connectivity index is 2.43. The van der Waals surface area contributed by atoms with Gasteiger partial charge in [-0.05, 0) is 38.1 Å². The largest absolute Gasteiger partial charge is 0.370 e. The molecule has 0 aliphatic heterocycles. The Hall–Kier alpha value is -1.59. The smallest absolute Gasteiger partial charge is 0.238 e. The maximum Gasteiger partial charge on any atom is 0.238 e. The second-order valence-electron chi connectivity index (χ2n) is 4.94. The molecule has 2 amide bonds. The van der Waals surface area contributed by atoms with E-state index in [1.54, 1.807) is 24.3 Å². The molecule has 5 nitrogen and oxygen atoms in total. The minimum absolute atomic E-state index is 0.100. The third-order valence-corrected chi connectivity index (χ3v) is 2.72. The van der Waals surface area contributed by atoms with Crippen molar-refractivity contribution >= 4 is 29.1 Å². The van der Waals surface area contributed by atoms with Crippen LogP contribution < -0.4 is 16.4 Å². The van der Waals surface area contributed by atoms with Gasteiger partial charge in [-0.15, -0.1) is 0 Å². The number of nitrogens with one attached hydrogen (secondary N) is 2. The number of hydrogen-bond acceptors (Lipinski definition) is 3. The molecule has 0 fully saturated rings. The topological polar surface area (TPSA) is 84.2 Å². The predicted octanol–water partition coefficient (Wildman–Crippen LogP) is 1.52. The van der Waals surface area contributed by atoms with Crippen molar-refractivity contribution in [3.05, 3.63) is 29.3 Å². The molecule has 19 heavy (non-hydrogen) atoms. The summed E-state index contributed by atoms with van der Waals surface area (Å²) in [5.41, 5.74) is 5.29. The number of nitrogens with two attached hydrogens (primary N) is 1. The van der Waals surface area contributed by atoms with Gasteiger partial charge in [0, 0.05) is 22.7 Å². The Morgan fingerprint density at radius 2 is 1.84 bits per heavy atom. The molecular weight excluding hydrogens is 266 g/mol. The minimum atomic E-state index is -0.511. The molecule has 1 aromatic rings. The molecule has 0 aromatic heterocycles. The highest BCUT2D eigenvalue weighted by atomic mass is 35.5. The maximum absolute atomic E-state index is 11.7. The van der Waals surface area contributed by atoms with E-state index in [1.807, 2.05) is 13.8 Å². The summed E-state index contributed by atoms with van der Waals surface area (Å²) >= 11 is 5.75. The average molecular weight is 284 g/mol. The Morgan fingerprint density at radius 1 is 1.26 bits per heavy atom. The fourth-order valence-corrected chi connectivity index (χ4v) is 1.68. The van der Waals surface area contributed by atoms with Gasteiger partial charge >= 0.3 is 0 Å². The lowest BCUT2D eigenvalue weighted by molar-refractivity contribution is -0.120. The van der Waals surface area contributed by atoms with Crippen molar-refractivity contribution in [3.63, 3.8) is 0 Å². The molecule has 0 heterocycles. The van der Waals surface area contributed by atoms with E-state index in [4.69, 9.17) is 17.3 Å². The molecule has 0 bridgehead atoms. The van der Waals surface area contributed by atoms with E-state index in [0.717, 1.165) is 0 Å². The first-order valence-electron chi connectivity index (χ1n) is 5.87. The van der Waals surface area contributed by atoms with Crippen molar-refractivity contribution < 1.29 is 9.59 Å². The zero-order valence-corrected chi connectivity index (χ0v) is 11.8.